The number of hydrogen-bond acceptors (Lipinski definition) is 5. The van der Waals surface area contributed by atoms with Crippen LogP contribution in [0.5, 0.6) is 0 Å². The Morgan fingerprint density at radius 2 is 2.13 bits per heavy atom. The molecule has 82 valence electrons. The van der Waals surface area contributed by atoms with Gasteiger partial charge in [0.05, 0.1) is 6.10 Å². The summed E-state index contributed by atoms with van der Waals surface area (Å²) in [4.78, 5) is 10.6. The highest BCUT2D eigenvalue weighted by atomic mass is 32.2. The molecule has 1 aromatic heterocycles. The molecule has 15 heavy (non-hydrogen) atoms. The van der Waals surface area contributed by atoms with E-state index in [9.17, 15) is 5.11 Å². The molecule has 0 aliphatic carbocycles. The molecule has 1 fully saturated rings. The maximum absolute atomic E-state index is 9.41. The van der Waals surface area contributed by atoms with Crippen LogP contribution in [0, 0.1) is 0 Å². The molecule has 1 saturated heterocycles. The third-order valence-corrected chi connectivity index (χ3v) is 3.27. The van der Waals surface area contributed by atoms with Gasteiger partial charge in [-0.15, -0.1) is 11.8 Å². The highest BCUT2D eigenvalue weighted by Crippen LogP contribution is 2.20. The Morgan fingerprint density at radius 1 is 1.40 bits per heavy atom. The van der Waals surface area contributed by atoms with E-state index in [-0.39, 0.29) is 6.10 Å². The molecule has 0 atom stereocenters. The SMILES string of the molecule is CSc1cc(N2CCC(O)CC2)ncn1. The molecule has 1 aromatic rings. The number of anilines is 1. The van der Waals surface area contributed by atoms with Crippen LogP contribution in [0.2, 0.25) is 0 Å². The van der Waals surface area contributed by atoms with E-state index in [2.05, 4.69) is 14.9 Å². The predicted octanol–water partition coefficient (Wildman–Crippen LogP) is 1.16. The summed E-state index contributed by atoms with van der Waals surface area (Å²) in [5.41, 5.74) is 0. The van der Waals surface area contributed by atoms with Gasteiger partial charge in [0.2, 0.25) is 0 Å². The van der Waals surface area contributed by atoms with Gasteiger partial charge in [-0.25, -0.2) is 9.97 Å². The van der Waals surface area contributed by atoms with E-state index in [1.165, 1.54) is 0 Å². The zero-order valence-electron chi connectivity index (χ0n) is 8.76. The molecule has 0 radical (unpaired) electrons. The maximum Gasteiger partial charge on any atom is 0.133 e. The molecule has 0 bridgehead atoms. The molecule has 0 spiro atoms. The number of piperidine rings is 1. The molecular formula is C10H15N3OS. The number of aromatic nitrogens is 2. The summed E-state index contributed by atoms with van der Waals surface area (Å²) in [6, 6.07) is 2.00. The van der Waals surface area contributed by atoms with Crippen LogP contribution in [-0.2, 0) is 0 Å². The van der Waals surface area contributed by atoms with Crippen molar-refractivity contribution in [2.75, 3.05) is 24.2 Å². The van der Waals surface area contributed by atoms with E-state index >= 15 is 0 Å². The van der Waals surface area contributed by atoms with Crippen molar-refractivity contribution in [3.63, 3.8) is 0 Å². The Bertz CT molecular complexity index is 326. The van der Waals surface area contributed by atoms with Crippen LogP contribution in [-0.4, -0.2) is 40.5 Å². The fourth-order valence-corrected chi connectivity index (χ4v) is 2.09. The van der Waals surface area contributed by atoms with Crippen LogP contribution in [0.3, 0.4) is 0 Å². The number of hydrogen-bond donors (Lipinski definition) is 1. The number of aliphatic hydroxyl groups excluding tert-OH is 1. The van der Waals surface area contributed by atoms with Crippen molar-refractivity contribution in [2.45, 2.75) is 24.0 Å². The second-order valence-corrected chi connectivity index (χ2v) is 4.46. The summed E-state index contributed by atoms with van der Waals surface area (Å²) >= 11 is 1.62. The zero-order chi connectivity index (χ0) is 10.7. The van der Waals surface area contributed by atoms with Gasteiger partial charge in [0.15, 0.2) is 0 Å². The molecule has 0 aromatic carbocycles. The Balaban J connectivity index is 2.08. The first-order valence-corrected chi connectivity index (χ1v) is 6.31. The summed E-state index contributed by atoms with van der Waals surface area (Å²) in [7, 11) is 0. The molecule has 5 heteroatoms. The zero-order valence-corrected chi connectivity index (χ0v) is 9.57. The number of nitrogens with zero attached hydrogens (tertiary/aromatic N) is 3. The highest BCUT2D eigenvalue weighted by Gasteiger charge is 2.18. The Kier molecular flexibility index (Phi) is 3.43. The van der Waals surface area contributed by atoms with Gasteiger partial charge in [-0.05, 0) is 19.1 Å². The number of rotatable bonds is 2. The normalized spacial score (nSPS) is 18.1. The second-order valence-electron chi connectivity index (χ2n) is 3.64. The summed E-state index contributed by atoms with van der Waals surface area (Å²) in [5, 5.41) is 10.4. The van der Waals surface area contributed by atoms with Crippen LogP contribution in [0.4, 0.5) is 5.82 Å². The molecule has 4 nitrogen and oxygen atoms in total. The topological polar surface area (TPSA) is 49.2 Å². The van der Waals surface area contributed by atoms with E-state index in [4.69, 9.17) is 0 Å². The quantitative estimate of drug-likeness (QED) is 0.604. The average molecular weight is 225 g/mol. The van der Waals surface area contributed by atoms with Crippen molar-refractivity contribution in [2.24, 2.45) is 0 Å². The number of aliphatic hydroxyl groups is 1. The van der Waals surface area contributed by atoms with Gasteiger partial charge >= 0.3 is 0 Å². The van der Waals surface area contributed by atoms with Gasteiger partial charge in [-0.2, -0.15) is 0 Å². The van der Waals surface area contributed by atoms with E-state index in [0.29, 0.717) is 0 Å². The largest absolute Gasteiger partial charge is 0.393 e. The van der Waals surface area contributed by atoms with Crippen LogP contribution in [0.25, 0.3) is 0 Å². The van der Waals surface area contributed by atoms with Gasteiger partial charge in [-0.3, -0.25) is 0 Å². The van der Waals surface area contributed by atoms with Gasteiger partial charge in [0.1, 0.15) is 17.2 Å². The molecule has 1 aliphatic rings. The predicted molar refractivity (Wildman–Crippen MR) is 61.3 cm³/mol. The maximum atomic E-state index is 9.41. The lowest BCUT2D eigenvalue weighted by Gasteiger charge is -2.30. The van der Waals surface area contributed by atoms with Crippen LogP contribution < -0.4 is 4.90 Å². The first-order chi connectivity index (χ1) is 7.29. The third-order valence-electron chi connectivity index (χ3n) is 2.63. The van der Waals surface area contributed by atoms with Crippen LogP contribution in [0.1, 0.15) is 12.8 Å². The lowest BCUT2D eigenvalue weighted by Crippen LogP contribution is -2.36. The molecule has 0 amide bonds. The number of thioether (sulfide) groups is 1. The monoisotopic (exact) mass is 225 g/mol. The van der Waals surface area contributed by atoms with E-state index in [1.807, 2.05) is 12.3 Å². The van der Waals surface area contributed by atoms with Crippen molar-refractivity contribution in [1.29, 1.82) is 0 Å². The molecule has 2 rings (SSSR count). The van der Waals surface area contributed by atoms with Crippen molar-refractivity contribution in [3.05, 3.63) is 12.4 Å². The molecule has 0 saturated carbocycles. The molecule has 0 unspecified atom stereocenters. The van der Waals surface area contributed by atoms with Gasteiger partial charge in [0.25, 0.3) is 0 Å². The smallest absolute Gasteiger partial charge is 0.133 e. The molecule has 2 heterocycles. The summed E-state index contributed by atoms with van der Waals surface area (Å²) in [6.07, 6.45) is 5.14. The Morgan fingerprint density at radius 3 is 2.80 bits per heavy atom. The second kappa shape index (κ2) is 4.81. The minimum absolute atomic E-state index is 0.136. The Hall–Kier alpha value is -0.810. The summed E-state index contributed by atoms with van der Waals surface area (Å²) < 4.78 is 0. The van der Waals surface area contributed by atoms with Crippen molar-refractivity contribution < 1.29 is 5.11 Å². The van der Waals surface area contributed by atoms with Crippen LogP contribution >= 0.6 is 11.8 Å². The minimum Gasteiger partial charge on any atom is -0.393 e. The standard InChI is InChI=1S/C10H15N3OS/c1-15-10-6-9(11-7-12-10)13-4-2-8(14)3-5-13/h6-8,14H,2-5H2,1H3. The fourth-order valence-electron chi connectivity index (χ4n) is 1.71. The minimum atomic E-state index is -0.136. The third kappa shape index (κ3) is 2.60. The van der Waals surface area contributed by atoms with Crippen molar-refractivity contribution in [3.8, 4) is 0 Å². The fraction of sp³-hybridized carbons (Fsp3) is 0.600. The van der Waals surface area contributed by atoms with Gasteiger partial charge in [0, 0.05) is 19.2 Å². The van der Waals surface area contributed by atoms with E-state index in [1.54, 1.807) is 18.1 Å². The molecule has 1 aliphatic heterocycles. The van der Waals surface area contributed by atoms with Gasteiger partial charge < -0.3 is 10.0 Å². The molecular weight excluding hydrogens is 210 g/mol. The summed E-state index contributed by atoms with van der Waals surface area (Å²) in [6.45, 7) is 1.76. The first kappa shape index (κ1) is 10.7. The van der Waals surface area contributed by atoms with Crippen LogP contribution in [0.15, 0.2) is 17.4 Å². The van der Waals surface area contributed by atoms with Gasteiger partial charge in [-0.1, -0.05) is 0 Å². The summed E-state index contributed by atoms with van der Waals surface area (Å²) in [5.74, 6) is 0.973. The Labute approximate surface area is 93.7 Å². The average Bonchev–Trinajstić information content (AvgIpc) is 2.30. The lowest BCUT2D eigenvalue weighted by atomic mass is 10.1. The van der Waals surface area contributed by atoms with Crippen molar-refractivity contribution in [1.82, 2.24) is 9.97 Å². The highest BCUT2D eigenvalue weighted by molar-refractivity contribution is 7.98. The van der Waals surface area contributed by atoms with Crippen molar-refractivity contribution >= 4 is 17.6 Å². The lowest BCUT2D eigenvalue weighted by molar-refractivity contribution is 0.145. The van der Waals surface area contributed by atoms with E-state index < -0.39 is 0 Å². The van der Waals surface area contributed by atoms with E-state index in [0.717, 1.165) is 36.8 Å². The first-order valence-electron chi connectivity index (χ1n) is 5.08. The molecule has 1 N–H and O–H groups in total.